The van der Waals surface area contributed by atoms with Crippen LogP contribution in [0.1, 0.15) is 64.2 Å². The van der Waals surface area contributed by atoms with E-state index in [1.807, 2.05) is 54.6 Å². The Morgan fingerprint density at radius 1 is 0.855 bits per heavy atom. The van der Waals surface area contributed by atoms with E-state index in [0.717, 1.165) is 73.9 Å². The highest BCUT2D eigenvalue weighted by molar-refractivity contribution is 8.01. The average molecular weight is 1000 g/mol. The highest BCUT2D eigenvalue weighted by atomic mass is 35.5. The number of carbonyl (C=O) groups is 3. The quantitative estimate of drug-likeness (QED) is 0.0640. The van der Waals surface area contributed by atoms with Gasteiger partial charge in [-0.25, -0.2) is 9.59 Å². The number of carbonyl (C=O) groups excluding carboxylic acids is 2. The predicted octanol–water partition coefficient (Wildman–Crippen LogP) is 9.72. The van der Waals surface area contributed by atoms with Crippen molar-refractivity contribution in [2.24, 2.45) is 11.8 Å². The summed E-state index contributed by atoms with van der Waals surface area (Å²) in [6.45, 7) is 0.413. The zero-order valence-corrected chi connectivity index (χ0v) is 39.8. The van der Waals surface area contributed by atoms with Crippen LogP contribution in [0.2, 0.25) is 10.0 Å². The molecule has 5 aliphatic rings. The fraction of sp³-hybridized carbons (Fsp3) is 0.373. The molecule has 1 aromatic heterocycles. The molecule has 4 aromatic carbocycles. The molecule has 2 N–H and O–H groups in total. The number of aromatic nitrogens is 1. The monoisotopic (exact) mass is 1000 g/mol. The molecule has 0 spiro atoms. The summed E-state index contributed by atoms with van der Waals surface area (Å²) in [7, 11) is 0. The zero-order valence-electron chi connectivity index (χ0n) is 37.4. The number of halogens is 4. The summed E-state index contributed by atoms with van der Waals surface area (Å²) in [6.07, 6.45) is 5.66. The molecule has 69 heavy (non-hydrogen) atoms. The molecule has 0 radical (unpaired) electrons. The summed E-state index contributed by atoms with van der Waals surface area (Å²) >= 11 is 14.3. The molecule has 2 amide bonds. The van der Waals surface area contributed by atoms with Crippen molar-refractivity contribution in [3.8, 4) is 17.2 Å². The third-order valence-electron chi connectivity index (χ3n) is 13.3. The summed E-state index contributed by atoms with van der Waals surface area (Å²) in [5, 5.41) is 21.5. The number of fused-ring (bicyclic) bond motifs is 3. The number of benzene rings is 4. The topological polar surface area (TPSA) is 142 Å². The Kier molecular flexibility index (Phi) is 14.7. The lowest BCUT2D eigenvalue weighted by molar-refractivity contribution is -0.904. The Balaban J connectivity index is 0.931. The van der Waals surface area contributed by atoms with Gasteiger partial charge in [0.25, 0.3) is 5.91 Å². The molecule has 5 heterocycles. The Hall–Kier alpha value is -5.81. The molecule has 3 atom stereocenters. The zero-order chi connectivity index (χ0) is 48.2. The van der Waals surface area contributed by atoms with Gasteiger partial charge < -0.3 is 29.0 Å². The number of pyridine rings is 1. The van der Waals surface area contributed by atoms with E-state index in [4.69, 9.17) is 42.1 Å². The van der Waals surface area contributed by atoms with Crippen molar-refractivity contribution in [3.63, 3.8) is 0 Å². The van der Waals surface area contributed by atoms with Gasteiger partial charge in [0.05, 0.1) is 13.2 Å². The summed E-state index contributed by atoms with van der Waals surface area (Å²) in [5.74, 6) is -1.72. The minimum atomic E-state index is -3.14. The van der Waals surface area contributed by atoms with Crippen LogP contribution < -0.4 is 23.8 Å². The maximum absolute atomic E-state index is 14.6. The van der Waals surface area contributed by atoms with Gasteiger partial charge >= 0.3 is 18.7 Å². The van der Waals surface area contributed by atoms with Crippen LogP contribution in [0.3, 0.4) is 0 Å². The van der Waals surface area contributed by atoms with Crippen LogP contribution in [0.15, 0.2) is 109 Å². The van der Waals surface area contributed by atoms with Crippen molar-refractivity contribution in [1.29, 1.82) is 0 Å². The number of amides is 2. The molecule has 0 unspecified atom stereocenters. The van der Waals surface area contributed by atoms with E-state index in [9.17, 15) is 33.5 Å². The van der Waals surface area contributed by atoms with Gasteiger partial charge in [0.1, 0.15) is 28.5 Å². The molecule has 362 valence electrons. The van der Waals surface area contributed by atoms with Crippen LogP contribution in [0.25, 0.3) is 0 Å². The lowest BCUT2D eigenvalue weighted by atomic mass is 9.83. The van der Waals surface area contributed by atoms with E-state index in [1.54, 1.807) is 29.2 Å². The number of aliphatic carboxylic acids is 1. The number of rotatable bonds is 18. The van der Waals surface area contributed by atoms with Crippen molar-refractivity contribution >= 4 is 58.6 Å². The summed E-state index contributed by atoms with van der Waals surface area (Å²) in [4.78, 5) is 45.6. The van der Waals surface area contributed by atoms with Gasteiger partial charge in [-0.05, 0) is 122 Å². The number of anilines is 1. The number of nitrogens with zero attached hydrogens (tertiary/aromatic N) is 4. The molecule has 13 nitrogen and oxygen atoms in total. The fourth-order valence-corrected chi connectivity index (χ4v) is 11.5. The number of thioether (sulfide) groups is 1. The van der Waals surface area contributed by atoms with Crippen molar-refractivity contribution in [2.75, 3.05) is 43.4 Å². The van der Waals surface area contributed by atoms with Gasteiger partial charge in [0.15, 0.2) is 16.4 Å². The van der Waals surface area contributed by atoms with Gasteiger partial charge in [0.2, 0.25) is 12.4 Å². The predicted molar refractivity (Wildman–Crippen MR) is 255 cm³/mol. The number of carboxylic acids is 1. The molecular weight excluding hydrogens is 954 g/mol. The maximum Gasteiger partial charge on any atom is 0.414 e. The van der Waals surface area contributed by atoms with Crippen LogP contribution >= 0.6 is 35.0 Å². The first-order chi connectivity index (χ1) is 33.3. The van der Waals surface area contributed by atoms with Crippen LogP contribution in [0, 0.1) is 11.8 Å². The van der Waals surface area contributed by atoms with Gasteiger partial charge in [0, 0.05) is 46.3 Å². The lowest BCUT2D eigenvalue weighted by Gasteiger charge is -2.44. The Bertz CT molecular complexity index is 2640. The Morgan fingerprint density at radius 3 is 2.26 bits per heavy atom. The highest BCUT2D eigenvalue weighted by Gasteiger charge is 2.57. The minimum absolute atomic E-state index is 0.00262. The number of ether oxygens (including phenoxy) is 4. The van der Waals surface area contributed by atoms with Gasteiger partial charge in [-0.15, -0.1) is 11.8 Å². The number of para-hydroxylation sites is 1. The van der Waals surface area contributed by atoms with Crippen molar-refractivity contribution in [3.05, 3.63) is 147 Å². The first-order valence-corrected chi connectivity index (χ1v) is 24.6. The fourth-order valence-electron chi connectivity index (χ4n) is 9.45. The minimum Gasteiger partial charge on any atom is -0.489 e. The van der Waals surface area contributed by atoms with Crippen LogP contribution in [0.5, 0.6) is 17.2 Å². The first kappa shape index (κ1) is 48.2. The largest absolute Gasteiger partial charge is 0.489 e. The normalized spacial score (nSPS) is 21.2. The molecular formula is C51H51Cl2F2N4O9S+. The number of alkyl halides is 2. The molecule has 10 rings (SSSR count). The van der Waals surface area contributed by atoms with E-state index >= 15 is 0 Å². The summed E-state index contributed by atoms with van der Waals surface area (Å²) < 4.78 is 51.0. The molecule has 1 saturated carbocycles. The van der Waals surface area contributed by atoms with Gasteiger partial charge in [-0.2, -0.15) is 8.78 Å². The van der Waals surface area contributed by atoms with E-state index in [2.05, 4.69) is 4.90 Å². The number of hydrogen-bond acceptors (Lipinski definition) is 10. The Morgan fingerprint density at radius 2 is 1.59 bits per heavy atom. The standard InChI is InChI=1S/C51H50Cl2F2N4O9S/c52-42-27-57(64)28-43(53)40(42)25-41(37-15-16-44(67-49(54)55)45(24-37)66-31-32-9-10-32)51(48(61)62)59(21-22-69-51)47(60)36-13-11-33(12-14-36)30-65-39-8-4-5-34(23-39)26-58(38-6-2-1-3-7-38)50(63)68-46-29-56-19-17-35(46)18-20-56/h1-8,11-16,23-24,27-28,32,35,41,46,49H,9-10,17-22,25-26,29-31H2,(H-,61,62,64)/p+1/t41-,46-,51-/m0/s1. The van der Waals surface area contributed by atoms with E-state index in [0.29, 0.717) is 27.5 Å². The van der Waals surface area contributed by atoms with Crippen LogP contribution in [-0.4, -0.2) is 94.2 Å². The second-order valence-corrected chi connectivity index (χ2v) is 20.0. The second-order valence-electron chi connectivity index (χ2n) is 17.8. The van der Waals surface area contributed by atoms with E-state index < -0.39 is 35.4 Å². The molecule has 5 fully saturated rings. The molecule has 4 saturated heterocycles. The Labute approximate surface area is 412 Å². The number of piperidine rings is 3. The van der Waals surface area contributed by atoms with Crippen molar-refractivity contribution in [1.82, 2.24) is 9.80 Å². The van der Waals surface area contributed by atoms with Gasteiger partial charge in [-0.3, -0.25) is 19.8 Å². The number of carboxylic acid groups (broad SMARTS) is 1. The van der Waals surface area contributed by atoms with E-state index in [1.165, 1.54) is 35.5 Å². The molecule has 4 aliphatic heterocycles. The summed E-state index contributed by atoms with van der Waals surface area (Å²) in [6, 6.07) is 27.9. The first-order valence-electron chi connectivity index (χ1n) is 22.9. The third-order valence-corrected chi connectivity index (χ3v) is 15.4. The second kappa shape index (κ2) is 21.0. The molecule has 5 aromatic rings. The SMILES string of the molecule is O=C(O[C@H]1CN2CCC1CC2)N(Cc1cccc(OCc2ccc(C(=O)N3CCS[C@]3(C(=O)O)[C@@H](Cc3c(Cl)c[n+](O)cc3Cl)c3ccc(OC(F)F)c(OCC4CC4)c3)cc2)c1)c1ccccc1. The van der Waals surface area contributed by atoms with Crippen molar-refractivity contribution in [2.45, 2.75) is 68.8 Å². The van der Waals surface area contributed by atoms with Crippen LogP contribution in [-0.2, 0) is 29.1 Å². The third kappa shape index (κ3) is 11.0. The molecule has 18 heteroatoms. The average Bonchev–Trinajstić information content (AvgIpc) is 4.07. The van der Waals surface area contributed by atoms with Gasteiger partial charge in [-0.1, -0.05) is 71.7 Å². The lowest BCUT2D eigenvalue weighted by Crippen LogP contribution is -2.55. The smallest absolute Gasteiger partial charge is 0.414 e. The summed E-state index contributed by atoms with van der Waals surface area (Å²) in [5.41, 5.74) is 3.16. The molecule has 2 bridgehead atoms. The highest BCUT2D eigenvalue weighted by Crippen LogP contribution is 2.51. The number of hydrogen-bond donors (Lipinski definition) is 2. The van der Waals surface area contributed by atoms with E-state index in [-0.39, 0.29) is 77.6 Å². The molecule has 1 aliphatic carbocycles. The maximum atomic E-state index is 14.6. The van der Waals surface area contributed by atoms with Crippen molar-refractivity contribution < 1.29 is 57.2 Å². The van der Waals surface area contributed by atoms with Crippen LogP contribution in [0.4, 0.5) is 19.3 Å².